The van der Waals surface area contributed by atoms with Crippen LogP contribution in [0.15, 0.2) is 29.2 Å². The summed E-state index contributed by atoms with van der Waals surface area (Å²) in [5.74, 6) is 1.90. The molecule has 6 nitrogen and oxygen atoms in total. The van der Waals surface area contributed by atoms with Gasteiger partial charge in [0, 0.05) is 6.08 Å². The van der Waals surface area contributed by atoms with Crippen LogP contribution in [0.2, 0.25) is 0 Å². The molecule has 0 saturated carbocycles. The van der Waals surface area contributed by atoms with Crippen molar-refractivity contribution >= 4 is 13.5 Å². The fourth-order valence-electron chi connectivity index (χ4n) is 1.55. The van der Waals surface area contributed by atoms with Crippen molar-refractivity contribution in [2.75, 3.05) is 13.2 Å². The molecule has 100 valence electrons. The van der Waals surface area contributed by atoms with Gasteiger partial charge >= 0.3 is 7.60 Å². The molecule has 0 heterocycles. The Morgan fingerprint density at radius 3 is 2.39 bits per heavy atom. The average molecular weight is 274 g/mol. The first kappa shape index (κ1) is 14.7. The molecule has 0 aromatic heterocycles. The fourth-order valence-corrected chi connectivity index (χ4v) is 2.40. The molecule has 0 saturated heterocycles. The lowest BCUT2D eigenvalue weighted by Crippen LogP contribution is -2.18. The monoisotopic (exact) mass is 274 g/mol. The topological polar surface area (TPSA) is 93.1 Å². The maximum Gasteiger partial charge on any atom is 0.337 e. The third kappa shape index (κ3) is 3.34. The number of allylic oxidation sites excluding steroid dienone is 3. The smallest absolute Gasteiger partial charge is 0.337 e. The van der Waals surface area contributed by atoms with Gasteiger partial charge in [0.25, 0.3) is 0 Å². The van der Waals surface area contributed by atoms with Gasteiger partial charge in [0.2, 0.25) is 0 Å². The molecule has 0 fully saturated rings. The largest absolute Gasteiger partial charge is 0.494 e. The molecule has 0 radical (unpaired) electrons. The standard InChI is InChI=1S/C11H15O6P/c1-3-16-8-5-10(17-4-2)9(7-12)11(6-8)18(13,14)15/h5-6,11H,3-4H2,1-2H3,(H2,13,14,15). The minimum absolute atomic E-state index is 0.0896. The van der Waals surface area contributed by atoms with Crippen molar-refractivity contribution in [3.05, 3.63) is 29.2 Å². The Kier molecular flexibility index (Phi) is 4.93. The Balaban J connectivity index is 3.23. The highest BCUT2D eigenvalue weighted by Gasteiger charge is 2.37. The Bertz CT molecular complexity index is 466. The molecule has 0 spiro atoms. The maximum absolute atomic E-state index is 11.4. The van der Waals surface area contributed by atoms with Gasteiger partial charge in [-0.15, -0.1) is 0 Å². The molecule has 0 aromatic carbocycles. The van der Waals surface area contributed by atoms with Crippen molar-refractivity contribution in [2.24, 2.45) is 0 Å². The molecule has 7 heteroatoms. The summed E-state index contributed by atoms with van der Waals surface area (Å²) in [6, 6.07) is 0. The highest BCUT2D eigenvalue weighted by molar-refractivity contribution is 7.53. The van der Waals surface area contributed by atoms with E-state index in [2.05, 4.69) is 0 Å². The maximum atomic E-state index is 11.4. The summed E-state index contributed by atoms with van der Waals surface area (Å²) >= 11 is 0. The molecule has 1 aliphatic carbocycles. The number of hydrogen-bond donors (Lipinski definition) is 2. The van der Waals surface area contributed by atoms with Gasteiger partial charge in [-0.3, -0.25) is 4.57 Å². The predicted molar refractivity (Wildman–Crippen MR) is 64.5 cm³/mol. The highest BCUT2D eigenvalue weighted by atomic mass is 31.2. The second kappa shape index (κ2) is 6.03. The van der Waals surface area contributed by atoms with Crippen LogP contribution in [0, 0.1) is 0 Å². The van der Waals surface area contributed by atoms with E-state index in [4.69, 9.17) is 9.47 Å². The number of rotatable bonds is 5. The summed E-state index contributed by atoms with van der Waals surface area (Å²) in [6.07, 6.45) is 2.65. The number of ether oxygens (including phenoxy) is 2. The lowest BCUT2D eigenvalue weighted by atomic mass is 10.1. The van der Waals surface area contributed by atoms with Crippen LogP contribution < -0.4 is 0 Å². The van der Waals surface area contributed by atoms with E-state index in [1.165, 1.54) is 18.1 Å². The molecule has 18 heavy (non-hydrogen) atoms. The Labute approximate surface area is 105 Å². The summed E-state index contributed by atoms with van der Waals surface area (Å²) in [5.41, 5.74) is -1.56. The summed E-state index contributed by atoms with van der Waals surface area (Å²) in [7, 11) is -4.51. The van der Waals surface area contributed by atoms with E-state index in [-0.39, 0.29) is 23.7 Å². The Morgan fingerprint density at radius 2 is 1.94 bits per heavy atom. The van der Waals surface area contributed by atoms with Gasteiger partial charge in [-0.1, -0.05) is 0 Å². The van der Waals surface area contributed by atoms with Crippen molar-refractivity contribution < 1.29 is 28.6 Å². The molecular weight excluding hydrogens is 259 g/mol. The fraction of sp³-hybridized carbons (Fsp3) is 0.455. The second-order valence-corrected chi connectivity index (χ2v) is 5.23. The van der Waals surface area contributed by atoms with E-state index in [0.717, 1.165) is 0 Å². The van der Waals surface area contributed by atoms with Crippen LogP contribution in [0.1, 0.15) is 13.8 Å². The van der Waals surface area contributed by atoms with Gasteiger partial charge in [0.05, 0.1) is 18.8 Å². The summed E-state index contributed by atoms with van der Waals surface area (Å²) in [6.45, 7) is 4.06. The van der Waals surface area contributed by atoms with E-state index in [9.17, 15) is 19.1 Å². The molecule has 2 N–H and O–H groups in total. The zero-order chi connectivity index (χ0) is 13.8. The Hall–Kier alpha value is -1.32. The predicted octanol–water partition coefficient (Wildman–Crippen LogP) is 1.15. The minimum atomic E-state index is -4.51. The molecular formula is C11H15O6P. The molecule has 1 rings (SSSR count). The first-order chi connectivity index (χ1) is 8.43. The van der Waals surface area contributed by atoms with Crippen LogP contribution >= 0.6 is 7.60 Å². The van der Waals surface area contributed by atoms with Crippen LogP contribution in [-0.4, -0.2) is 34.6 Å². The third-order valence-electron chi connectivity index (χ3n) is 2.24. The van der Waals surface area contributed by atoms with Crippen molar-refractivity contribution in [2.45, 2.75) is 19.5 Å². The first-order valence-electron chi connectivity index (χ1n) is 5.43. The van der Waals surface area contributed by atoms with Crippen molar-refractivity contribution in [1.29, 1.82) is 0 Å². The van der Waals surface area contributed by atoms with Crippen LogP contribution in [0.5, 0.6) is 0 Å². The molecule has 0 aliphatic heterocycles. The van der Waals surface area contributed by atoms with Gasteiger partial charge in [0.15, 0.2) is 0 Å². The summed E-state index contributed by atoms with van der Waals surface area (Å²) in [4.78, 5) is 29.4. The van der Waals surface area contributed by atoms with E-state index in [1.807, 2.05) is 0 Å². The molecule has 1 atom stereocenters. The van der Waals surface area contributed by atoms with Crippen LogP contribution in [-0.2, 0) is 18.8 Å². The van der Waals surface area contributed by atoms with Gasteiger partial charge in [-0.2, -0.15) is 0 Å². The minimum Gasteiger partial charge on any atom is -0.494 e. The van der Waals surface area contributed by atoms with Gasteiger partial charge in [-0.05, 0) is 19.9 Å². The van der Waals surface area contributed by atoms with Crippen molar-refractivity contribution in [1.82, 2.24) is 0 Å². The molecule has 1 aliphatic rings. The zero-order valence-corrected chi connectivity index (χ0v) is 11.0. The normalized spacial score (nSPS) is 19.8. The van der Waals surface area contributed by atoms with E-state index in [0.29, 0.717) is 6.61 Å². The van der Waals surface area contributed by atoms with Crippen molar-refractivity contribution in [3.63, 3.8) is 0 Å². The first-order valence-corrected chi connectivity index (χ1v) is 7.11. The summed E-state index contributed by atoms with van der Waals surface area (Å²) < 4.78 is 21.7. The van der Waals surface area contributed by atoms with Crippen LogP contribution in [0.4, 0.5) is 0 Å². The zero-order valence-electron chi connectivity index (χ0n) is 10.1. The van der Waals surface area contributed by atoms with Crippen molar-refractivity contribution in [3.8, 4) is 0 Å². The SMILES string of the molecule is CCOC1=CC(P(=O)(O)O)C(=C=O)C(OCC)=C1. The number of hydrogen-bond acceptors (Lipinski definition) is 4. The number of carbonyl (C=O) groups excluding carboxylic acids is 1. The van der Waals surface area contributed by atoms with Gasteiger partial charge in [-0.25, -0.2) is 4.79 Å². The van der Waals surface area contributed by atoms with Gasteiger partial charge < -0.3 is 19.3 Å². The Morgan fingerprint density at radius 1 is 1.33 bits per heavy atom. The molecule has 0 amide bonds. The van der Waals surface area contributed by atoms with Crippen LogP contribution in [0.3, 0.4) is 0 Å². The molecule has 1 unspecified atom stereocenters. The van der Waals surface area contributed by atoms with E-state index >= 15 is 0 Å². The van der Waals surface area contributed by atoms with Crippen LogP contribution in [0.25, 0.3) is 0 Å². The lowest BCUT2D eigenvalue weighted by Gasteiger charge is -2.23. The van der Waals surface area contributed by atoms with E-state index < -0.39 is 13.3 Å². The third-order valence-corrected chi connectivity index (χ3v) is 3.37. The quantitative estimate of drug-likeness (QED) is 0.577. The second-order valence-electron chi connectivity index (χ2n) is 3.49. The van der Waals surface area contributed by atoms with Gasteiger partial charge in [0.1, 0.15) is 23.1 Å². The van der Waals surface area contributed by atoms with E-state index in [1.54, 1.807) is 13.8 Å². The average Bonchev–Trinajstić information content (AvgIpc) is 2.28. The summed E-state index contributed by atoms with van der Waals surface area (Å²) in [5, 5.41) is 0. The molecule has 0 aromatic rings. The highest BCUT2D eigenvalue weighted by Crippen LogP contribution is 2.48. The lowest BCUT2D eigenvalue weighted by molar-refractivity contribution is 0.214. The molecule has 0 bridgehead atoms.